The van der Waals surface area contributed by atoms with Gasteiger partial charge in [-0.2, -0.15) is 0 Å². The molecule has 1 aliphatic carbocycles. The van der Waals surface area contributed by atoms with Crippen molar-refractivity contribution in [3.63, 3.8) is 0 Å². The maximum Gasteiger partial charge on any atom is 0.229 e. The van der Waals surface area contributed by atoms with Crippen LogP contribution in [-0.4, -0.2) is 126 Å². The largest absolute Gasteiger partial charge is 0.496 e. The summed E-state index contributed by atoms with van der Waals surface area (Å²) in [7, 11) is -11.0. The summed E-state index contributed by atoms with van der Waals surface area (Å²) in [5, 5.41) is -0.132. The lowest BCUT2D eigenvalue weighted by Gasteiger charge is -2.20. The Hall–Kier alpha value is -9.44. The van der Waals surface area contributed by atoms with Crippen LogP contribution >= 0.6 is 0 Å². The van der Waals surface area contributed by atoms with Crippen molar-refractivity contribution >= 4 is 45.2 Å². The number of rotatable bonds is 17. The van der Waals surface area contributed by atoms with E-state index in [4.69, 9.17) is 29.4 Å². The van der Waals surface area contributed by atoms with Gasteiger partial charge in [-0.3, -0.25) is 34.6 Å². The molecule has 6 heterocycles. The molecular formula is C87H113FN12O10S4. The minimum Gasteiger partial charge on any atom is -0.496 e. The summed E-state index contributed by atoms with van der Waals surface area (Å²) < 4.78 is 120. The molecule has 0 spiro atoms. The fraction of sp³-hybridized carbons (Fsp3) is 0.437. The molecule has 27 heteroatoms. The first-order chi connectivity index (χ1) is 52.5. The fourth-order valence-corrected chi connectivity index (χ4v) is 16.2. The van der Waals surface area contributed by atoms with Crippen molar-refractivity contribution in [1.29, 1.82) is 0 Å². The van der Waals surface area contributed by atoms with Crippen molar-refractivity contribution in [3.05, 3.63) is 214 Å². The maximum absolute atomic E-state index is 14.1. The van der Waals surface area contributed by atoms with Gasteiger partial charge >= 0.3 is 0 Å². The number of nitrogens with zero attached hydrogens (tertiary/aromatic N) is 11. The van der Waals surface area contributed by atoms with Gasteiger partial charge < -0.3 is 9.47 Å². The Morgan fingerprint density at radius 3 is 1.14 bits per heavy atom. The van der Waals surface area contributed by atoms with Crippen LogP contribution in [0.3, 0.4) is 0 Å². The van der Waals surface area contributed by atoms with Crippen LogP contribution in [0.25, 0.3) is 56.3 Å². The lowest BCUT2D eigenvalue weighted by atomic mass is 9.90. The molecule has 0 saturated heterocycles. The van der Waals surface area contributed by atoms with Crippen LogP contribution in [0.15, 0.2) is 134 Å². The average Bonchev–Trinajstić information content (AvgIpc) is 1.10. The maximum atomic E-state index is 14.1. The Kier molecular flexibility index (Phi) is 29.4. The van der Waals surface area contributed by atoms with Gasteiger partial charge in [-0.1, -0.05) is 134 Å². The molecule has 1 aliphatic rings. The number of nitrogens with one attached hydrogen (secondary N) is 1. The van der Waals surface area contributed by atoms with Crippen LogP contribution in [0.2, 0.25) is 0 Å². The quantitative estimate of drug-likeness (QED) is 0.0885. The number of sulfonamides is 1. The van der Waals surface area contributed by atoms with E-state index in [2.05, 4.69) is 143 Å². The summed E-state index contributed by atoms with van der Waals surface area (Å²) in [5.74, 6) is 0.437. The van der Waals surface area contributed by atoms with Gasteiger partial charge in [0.05, 0.1) is 158 Å². The molecule has 11 rings (SSSR count). The molecule has 10 aromatic rings. The molecule has 0 bridgehead atoms. The highest BCUT2D eigenvalue weighted by Gasteiger charge is 2.36. The first-order valence-electron chi connectivity index (χ1n) is 37.5. The number of ether oxygens (including phenoxy) is 2. The van der Waals surface area contributed by atoms with Gasteiger partial charge in [0.2, 0.25) is 10.0 Å². The smallest absolute Gasteiger partial charge is 0.229 e. The highest BCUT2D eigenvalue weighted by Crippen LogP contribution is 2.36. The van der Waals surface area contributed by atoms with Crippen LogP contribution < -0.4 is 14.2 Å². The van der Waals surface area contributed by atoms with Crippen LogP contribution in [0.4, 0.5) is 10.1 Å². The second-order valence-electron chi connectivity index (χ2n) is 34.4. The van der Waals surface area contributed by atoms with Gasteiger partial charge in [0.1, 0.15) is 5.75 Å². The molecule has 1 fully saturated rings. The summed E-state index contributed by atoms with van der Waals surface area (Å²) in [6.07, 6.45) is 16.9. The molecule has 1 saturated carbocycles. The molecule has 1 N–H and O–H groups in total. The van der Waals surface area contributed by atoms with E-state index in [0.717, 1.165) is 121 Å². The molecule has 612 valence electrons. The standard InChI is InChI=1S/C19H24N2O2S.C18H23FN2O.C18H24N2O3S.2C16H21N3O2S/c1-13-18(19(2,3)4)21-17(11-20-13)15-7-5-6-14(10-15)12-24(22,23)16-8-9-16;1-11(2)22-16-8-7-13(9-14(16)19)15-10-20-12(3)17(21-15)18(4,5)6;1-12-17(18(2,3)4)20-15(10-19-12)13-7-8-16(23-5)14(9-13)11-24(6,21)22;1-11-15(16(2,3)4)19-14(9-18-11)13-6-12(7-17-8-13)10-22(5,20)21;1-11-15(16(2,3)4)18-14(10-17-11)12-6-8-13(9-7-12)19-22(5,20)21/h5-7,10-11,16H,8-9,12H2,1-4H3;7-11H,1-6H3;7-10H,11H2,1-6H3;6-9H,10H2,1-5H3;6-10,19H,1-5H3. The number of halogens is 1. The highest BCUT2D eigenvalue weighted by molar-refractivity contribution is 7.92. The number of anilines is 1. The number of hydrogen-bond donors (Lipinski definition) is 1. The normalized spacial score (nSPS) is 12.9. The zero-order valence-corrected chi connectivity index (χ0v) is 74.2. The van der Waals surface area contributed by atoms with Gasteiger partial charge in [0.25, 0.3) is 0 Å². The van der Waals surface area contributed by atoms with Crippen LogP contribution in [0.5, 0.6) is 11.5 Å². The Bertz CT molecular complexity index is 5550. The number of aryl methyl sites for hydroxylation is 5. The average molecular weight is 1630 g/mol. The molecule has 114 heavy (non-hydrogen) atoms. The number of sulfone groups is 3. The van der Waals surface area contributed by atoms with Crippen LogP contribution in [0, 0.1) is 40.4 Å². The molecular weight excluding hydrogens is 1520 g/mol. The van der Waals surface area contributed by atoms with Gasteiger partial charge in [-0.15, -0.1) is 0 Å². The molecule has 0 radical (unpaired) electrons. The third-order valence-corrected chi connectivity index (χ3v) is 22.1. The van der Waals surface area contributed by atoms with Crippen molar-refractivity contribution in [2.24, 2.45) is 0 Å². The predicted molar refractivity (Wildman–Crippen MR) is 456 cm³/mol. The van der Waals surface area contributed by atoms with Gasteiger partial charge in [0.15, 0.2) is 41.1 Å². The fourth-order valence-electron chi connectivity index (χ4n) is 12.4. The summed E-state index contributed by atoms with van der Waals surface area (Å²) in [6.45, 7) is 45.0. The van der Waals surface area contributed by atoms with E-state index < -0.39 is 39.5 Å². The molecule has 0 unspecified atom stereocenters. The van der Waals surface area contributed by atoms with E-state index >= 15 is 0 Å². The molecule has 0 aliphatic heterocycles. The summed E-state index contributed by atoms with van der Waals surface area (Å²) in [5.41, 5.74) is 19.2. The van der Waals surface area contributed by atoms with Crippen molar-refractivity contribution in [2.45, 2.75) is 221 Å². The minimum absolute atomic E-state index is 0.0285. The lowest BCUT2D eigenvalue weighted by molar-refractivity contribution is 0.231. The number of pyridine rings is 1. The molecule has 4 aromatic carbocycles. The zero-order chi connectivity index (χ0) is 85.2. The van der Waals surface area contributed by atoms with E-state index in [1.165, 1.54) is 25.7 Å². The highest BCUT2D eigenvalue weighted by atomic mass is 32.2. The van der Waals surface area contributed by atoms with Crippen molar-refractivity contribution < 1.29 is 47.5 Å². The summed E-state index contributed by atoms with van der Waals surface area (Å²) >= 11 is 0. The summed E-state index contributed by atoms with van der Waals surface area (Å²) in [4.78, 5) is 50.0. The lowest BCUT2D eigenvalue weighted by Crippen LogP contribution is -2.17. The van der Waals surface area contributed by atoms with E-state index in [1.54, 1.807) is 73.7 Å². The topological polar surface area (TPSA) is 309 Å². The second kappa shape index (κ2) is 36.6. The monoisotopic (exact) mass is 1630 g/mol. The van der Waals surface area contributed by atoms with Gasteiger partial charge in [-0.25, -0.2) is 63.0 Å². The Labute approximate surface area is 676 Å². The van der Waals surface area contributed by atoms with Crippen LogP contribution in [0.1, 0.15) is 204 Å². The molecule has 6 aromatic heterocycles. The Morgan fingerprint density at radius 1 is 0.421 bits per heavy atom. The molecule has 0 amide bonds. The molecule has 22 nitrogen and oxygen atoms in total. The Balaban J connectivity index is 0.000000197. The predicted octanol–water partition coefficient (Wildman–Crippen LogP) is 17.6. The summed E-state index contributed by atoms with van der Waals surface area (Å²) in [6, 6.07) is 26.9. The first-order valence-corrected chi connectivity index (χ1v) is 45.2. The SMILES string of the molecule is COc1ccc(-c2cnc(C)c(C(C)(C)C)n2)cc1CS(C)(=O)=O.Cc1ncc(-c2ccc(NS(C)(=O)=O)cc2)nc1C(C)(C)C.Cc1ncc(-c2ccc(OC(C)C)c(F)c2)nc1C(C)(C)C.Cc1ncc(-c2cccc(CS(=O)(=O)C3CC3)c2)nc1C(C)(C)C.Cc1ncc(-c2cncc(CS(C)(=O)=O)c2)nc1C(C)(C)C. The van der Waals surface area contributed by atoms with E-state index in [1.807, 2.05) is 103 Å². The second-order valence-corrected chi connectivity index (χ2v) is 42.7. The number of hydrogen-bond acceptors (Lipinski definition) is 21. The third kappa shape index (κ3) is 27.4. The van der Waals surface area contributed by atoms with Crippen LogP contribution in [-0.2, 0) is 83.9 Å². The Morgan fingerprint density at radius 2 is 0.781 bits per heavy atom. The first kappa shape index (κ1) is 91.7. The number of benzene rings is 4. The van der Waals surface area contributed by atoms with Gasteiger partial charge in [-0.05, 0) is 133 Å². The van der Waals surface area contributed by atoms with Crippen molar-refractivity contribution in [1.82, 2.24) is 54.8 Å². The van der Waals surface area contributed by atoms with Crippen molar-refractivity contribution in [3.8, 4) is 67.8 Å². The van der Waals surface area contributed by atoms with Crippen molar-refractivity contribution in [2.75, 3.05) is 30.6 Å². The van der Waals surface area contributed by atoms with E-state index in [0.29, 0.717) is 39.5 Å². The van der Waals surface area contributed by atoms with E-state index in [-0.39, 0.29) is 67.3 Å². The number of methoxy groups -OCH3 is 1. The number of aromatic nitrogens is 11. The van der Waals surface area contributed by atoms with E-state index in [9.17, 15) is 38.1 Å². The third-order valence-electron chi connectivity index (χ3n) is 17.5. The minimum atomic E-state index is -3.26. The van der Waals surface area contributed by atoms with Gasteiger partial charge in [0, 0.05) is 91.0 Å². The molecule has 0 atom stereocenters. The zero-order valence-electron chi connectivity index (χ0n) is 70.9.